The van der Waals surface area contributed by atoms with Crippen LogP contribution in [0.25, 0.3) is 0 Å². The summed E-state index contributed by atoms with van der Waals surface area (Å²) in [6, 6.07) is 18.9. The van der Waals surface area contributed by atoms with E-state index in [-0.39, 0.29) is 18.4 Å². The lowest BCUT2D eigenvalue weighted by atomic mass is 10.0. The zero-order chi connectivity index (χ0) is 22.9. The highest BCUT2D eigenvalue weighted by Crippen LogP contribution is 2.16. The van der Waals surface area contributed by atoms with Gasteiger partial charge < -0.3 is 14.8 Å². The van der Waals surface area contributed by atoms with E-state index in [1.165, 1.54) is 13.2 Å². The van der Waals surface area contributed by atoms with Crippen molar-refractivity contribution in [2.24, 2.45) is 0 Å². The topological polar surface area (TPSA) is 64.6 Å². The highest BCUT2D eigenvalue weighted by Gasteiger charge is 2.22. The Balaban J connectivity index is 1.59. The average Bonchev–Trinajstić information content (AvgIpc) is 2.80. The summed E-state index contributed by atoms with van der Waals surface area (Å²) in [4.78, 5) is 24.5. The number of nitrogens with one attached hydrogen (secondary N) is 1. The molecule has 3 rings (SSSR count). The summed E-state index contributed by atoms with van der Waals surface area (Å²) in [6.07, 6.45) is -0.144. The molecule has 0 radical (unpaired) electrons. The number of ether oxygens (including phenoxy) is 2. The van der Waals surface area contributed by atoms with Gasteiger partial charge in [0.05, 0.1) is 13.5 Å². The van der Waals surface area contributed by atoms with Gasteiger partial charge in [-0.1, -0.05) is 48.5 Å². The molecule has 3 aromatic carbocycles. The second-order valence-electron chi connectivity index (χ2n) is 7.18. The van der Waals surface area contributed by atoms with Crippen LogP contribution in [0.15, 0.2) is 72.8 Å². The van der Waals surface area contributed by atoms with Crippen molar-refractivity contribution in [2.75, 3.05) is 7.11 Å². The molecule has 0 aliphatic heterocycles. The van der Waals surface area contributed by atoms with Gasteiger partial charge in [-0.2, -0.15) is 0 Å². The van der Waals surface area contributed by atoms with Crippen LogP contribution in [0.5, 0.6) is 5.75 Å². The van der Waals surface area contributed by atoms with Gasteiger partial charge in [0.2, 0.25) is 5.91 Å². The molecular formula is C25H23F2NO4. The van der Waals surface area contributed by atoms with Crippen LogP contribution in [0.1, 0.15) is 16.7 Å². The van der Waals surface area contributed by atoms with Crippen LogP contribution in [0.3, 0.4) is 0 Å². The second kappa shape index (κ2) is 11.0. The van der Waals surface area contributed by atoms with E-state index in [0.717, 1.165) is 17.2 Å². The van der Waals surface area contributed by atoms with Crippen LogP contribution < -0.4 is 10.1 Å². The van der Waals surface area contributed by atoms with E-state index in [2.05, 4.69) is 5.32 Å². The molecule has 0 aliphatic carbocycles. The predicted molar refractivity (Wildman–Crippen MR) is 115 cm³/mol. The van der Waals surface area contributed by atoms with Crippen LogP contribution in [-0.4, -0.2) is 25.0 Å². The van der Waals surface area contributed by atoms with E-state index in [4.69, 9.17) is 9.47 Å². The van der Waals surface area contributed by atoms with Crippen molar-refractivity contribution < 1.29 is 27.8 Å². The number of halogens is 2. The summed E-state index contributed by atoms with van der Waals surface area (Å²) in [6.45, 7) is 0.432. The lowest BCUT2D eigenvalue weighted by Gasteiger charge is -2.17. The second-order valence-corrected chi connectivity index (χ2v) is 7.18. The summed E-state index contributed by atoms with van der Waals surface area (Å²) in [5.41, 5.74) is 1.86. The summed E-state index contributed by atoms with van der Waals surface area (Å²) in [5.74, 6) is -2.07. The molecule has 0 spiro atoms. The number of methoxy groups -OCH3 is 1. The Kier molecular flexibility index (Phi) is 7.91. The van der Waals surface area contributed by atoms with Crippen LogP contribution in [-0.2, 0) is 33.8 Å². The number of esters is 1. The molecule has 0 fully saturated rings. The average molecular weight is 439 g/mol. The summed E-state index contributed by atoms with van der Waals surface area (Å²) >= 11 is 0. The zero-order valence-electron chi connectivity index (χ0n) is 17.5. The molecular weight excluding hydrogens is 416 g/mol. The summed E-state index contributed by atoms with van der Waals surface area (Å²) in [7, 11) is 1.22. The smallest absolute Gasteiger partial charge is 0.328 e. The lowest BCUT2D eigenvalue weighted by molar-refractivity contribution is -0.145. The highest BCUT2D eigenvalue weighted by atomic mass is 19.1. The standard InChI is InChI=1S/C25H23F2NO4/c1-31-25(30)23(28-24(29)14-19-9-10-20(26)15-22(19)27)13-17-7-11-21(12-8-17)32-16-18-5-3-2-4-6-18/h2-12,15,23H,13-14,16H2,1H3,(H,28,29)/t23-/m1/s1. The van der Waals surface area contributed by atoms with Crippen LogP contribution in [0.2, 0.25) is 0 Å². The van der Waals surface area contributed by atoms with Gasteiger partial charge in [-0.3, -0.25) is 4.79 Å². The minimum atomic E-state index is -0.952. The largest absolute Gasteiger partial charge is 0.489 e. The zero-order valence-corrected chi connectivity index (χ0v) is 17.5. The maximum atomic E-state index is 13.8. The van der Waals surface area contributed by atoms with Gasteiger partial charge in [-0.25, -0.2) is 13.6 Å². The molecule has 7 heteroatoms. The molecule has 0 saturated carbocycles. The van der Waals surface area contributed by atoms with Gasteiger partial charge >= 0.3 is 5.97 Å². The SMILES string of the molecule is COC(=O)[C@@H](Cc1ccc(OCc2ccccc2)cc1)NC(=O)Cc1ccc(F)cc1F. The van der Waals surface area contributed by atoms with Gasteiger partial charge in [-0.15, -0.1) is 0 Å². The van der Waals surface area contributed by atoms with Crippen molar-refractivity contribution in [3.8, 4) is 5.75 Å². The first kappa shape index (κ1) is 22.9. The molecule has 0 aliphatic rings. The third-order valence-electron chi connectivity index (χ3n) is 4.80. The lowest BCUT2D eigenvalue weighted by Crippen LogP contribution is -2.43. The molecule has 32 heavy (non-hydrogen) atoms. The Morgan fingerprint density at radius 2 is 1.66 bits per heavy atom. The van der Waals surface area contributed by atoms with Crippen molar-refractivity contribution in [2.45, 2.75) is 25.5 Å². The molecule has 166 valence electrons. The van der Waals surface area contributed by atoms with Gasteiger partial charge in [0.15, 0.2) is 0 Å². The highest BCUT2D eigenvalue weighted by molar-refractivity contribution is 5.85. The molecule has 1 amide bonds. The normalized spacial score (nSPS) is 11.5. The molecule has 0 heterocycles. The Morgan fingerprint density at radius 3 is 2.31 bits per heavy atom. The van der Waals surface area contributed by atoms with E-state index in [9.17, 15) is 18.4 Å². The predicted octanol–water partition coefficient (Wildman–Crippen LogP) is 3.99. The number of carbonyl (C=O) groups excluding carboxylic acids is 2. The molecule has 0 aromatic heterocycles. The van der Waals surface area contributed by atoms with Crippen molar-refractivity contribution in [1.82, 2.24) is 5.32 Å². The molecule has 3 aromatic rings. The van der Waals surface area contributed by atoms with E-state index in [1.54, 1.807) is 24.3 Å². The third-order valence-corrected chi connectivity index (χ3v) is 4.80. The van der Waals surface area contributed by atoms with Crippen LogP contribution in [0, 0.1) is 11.6 Å². The molecule has 1 N–H and O–H groups in total. The molecule has 0 saturated heterocycles. The number of carbonyl (C=O) groups is 2. The number of hydrogen-bond donors (Lipinski definition) is 1. The molecule has 1 atom stereocenters. The number of benzene rings is 3. The van der Waals surface area contributed by atoms with E-state index in [0.29, 0.717) is 18.4 Å². The van der Waals surface area contributed by atoms with E-state index in [1.807, 2.05) is 30.3 Å². The Morgan fingerprint density at radius 1 is 0.938 bits per heavy atom. The Bertz CT molecular complexity index is 1060. The number of rotatable bonds is 9. The minimum absolute atomic E-state index is 0.0347. The Labute approximate surface area is 185 Å². The fourth-order valence-corrected chi connectivity index (χ4v) is 3.12. The van der Waals surface area contributed by atoms with Crippen molar-refractivity contribution in [1.29, 1.82) is 0 Å². The van der Waals surface area contributed by atoms with Crippen LogP contribution >= 0.6 is 0 Å². The molecule has 5 nitrogen and oxygen atoms in total. The summed E-state index contributed by atoms with van der Waals surface area (Å²) in [5, 5.41) is 2.56. The van der Waals surface area contributed by atoms with Gasteiger partial charge in [0.25, 0.3) is 0 Å². The van der Waals surface area contributed by atoms with E-state index < -0.39 is 29.6 Å². The third kappa shape index (κ3) is 6.63. The summed E-state index contributed by atoms with van der Waals surface area (Å²) < 4.78 is 37.4. The first-order chi connectivity index (χ1) is 15.4. The fourth-order valence-electron chi connectivity index (χ4n) is 3.12. The fraction of sp³-hybridized carbons (Fsp3) is 0.200. The number of hydrogen-bond acceptors (Lipinski definition) is 4. The van der Waals surface area contributed by atoms with Crippen molar-refractivity contribution in [3.05, 3.63) is 101 Å². The van der Waals surface area contributed by atoms with Crippen molar-refractivity contribution in [3.63, 3.8) is 0 Å². The van der Waals surface area contributed by atoms with Gasteiger partial charge in [0.1, 0.15) is 30.0 Å². The maximum absolute atomic E-state index is 13.8. The quantitative estimate of drug-likeness (QED) is 0.512. The number of amides is 1. The van der Waals surface area contributed by atoms with Crippen LogP contribution in [0.4, 0.5) is 8.78 Å². The molecule has 0 bridgehead atoms. The first-order valence-corrected chi connectivity index (χ1v) is 10.0. The monoisotopic (exact) mass is 439 g/mol. The maximum Gasteiger partial charge on any atom is 0.328 e. The van der Waals surface area contributed by atoms with Gasteiger partial charge in [0, 0.05) is 12.5 Å². The van der Waals surface area contributed by atoms with Gasteiger partial charge in [-0.05, 0) is 34.9 Å². The molecule has 0 unspecified atom stereocenters. The van der Waals surface area contributed by atoms with E-state index >= 15 is 0 Å². The minimum Gasteiger partial charge on any atom is -0.489 e. The first-order valence-electron chi connectivity index (χ1n) is 10.0. The Hall–Kier alpha value is -3.74. The van der Waals surface area contributed by atoms with Crippen molar-refractivity contribution >= 4 is 11.9 Å².